The van der Waals surface area contributed by atoms with E-state index in [-0.39, 0.29) is 18.2 Å². The maximum atomic E-state index is 13.1. The van der Waals surface area contributed by atoms with Gasteiger partial charge in [-0.15, -0.1) is 12.4 Å². The van der Waals surface area contributed by atoms with Crippen molar-refractivity contribution in [3.63, 3.8) is 0 Å². The first-order valence-corrected chi connectivity index (χ1v) is 12.8. The zero-order valence-corrected chi connectivity index (χ0v) is 22.0. The Morgan fingerprint density at radius 1 is 0.806 bits per heavy atom. The lowest BCUT2D eigenvalue weighted by molar-refractivity contribution is 0.245. The van der Waals surface area contributed by atoms with Crippen LogP contribution < -0.4 is 14.4 Å². The molecule has 0 aromatic heterocycles. The van der Waals surface area contributed by atoms with Gasteiger partial charge in [-0.1, -0.05) is 30.3 Å². The SMILES string of the molecule is COc1cccc(CCc2ccccc2OCCCCCN2CCN(c3ccc(F)cc3)CC2)c1.Cl. The Morgan fingerprint density at radius 2 is 1.58 bits per heavy atom. The van der Waals surface area contributed by atoms with Gasteiger partial charge in [0.15, 0.2) is 0 Å². The number of unbranched alkanes of at least 4 members (excludes halogenated alkanes) is 2. The molecule has 1 heterocycles. The summed E-state index contributed by atoms with van der Waals surface area (Å²) in [6.07, 6.45) is 5.35. The fourth-order valence-electron chi connectivity index (χ4n) is 4.64. The summed E-state index contributed by atoms with van der Waals surface area (Å²) in [5.74, 6) is 1.74. The largest absolute Gasteiger partial charge is 0.497 e. The van der Waals surface area contributed by atoms with Crippen LogP contribution in [0.2, 0.25) is 0 Å². The fraction of sp³-hybridized carbons (Fsp3) is 0.400. The lowest BCUT2D eigenvalue weighted by atomic mass is 10.0. The first-order chi connectivity index (χ1) is 17.2. The van der Waals surface area contributed by atoms with Gasteiger partial charge in [-0.25, -0.2) is 4.39 Å². The minimum Gasteiger partial charge on any atom is -0.497 e. The summed E-state index contributed by atoms with van der Waals surface area (Å²) in [5, 5.41) is 0. The number of halogens is 2. The van der Waals surface area contributed by atoms with Gasteiger partial charge >= 0.3 is 0 Å². The van der Waals surface area contributed by atoms with E-state index in [0.29, 0.717) is 0 Å². The van der Waals surface area contributed by atoms with Crippen LogP contribution in [0.25, 0.3) is 0 Å². The maximum Gasteiger partial charge on any atom is 0.123 e. The van der Waals surface area contributed by atoms with Crippen LogP contribution in [-0.2, 0) is 12.8 Å². The van der Waals surface area contributed by atoms with Crippen LogP contribution in [0, 0.1) is 5.82 Å². The van der Waals surface area contributed by atoms with E-state index < -0.39 is 0 Å². The zero-order chi connectivity index (χ0) is 24.3. The Hall–Kier alpha value is -2.76. The molecule has 4 rings (SSSR count). The molecule has 1 fully saturated rings. The molecule has 6 heteroatoms. The zero-order valence-electron chi connectivity index (χ0n) is 21.2. The Kier molecular flexibility index (Phi) is 11.4. The van der Waals surface area contributed by atoms with E-state index in [2.05, 4.69) is 46.2 Å². The van der Waals surface area contributed by atoms with Crippen molar-refractivity contribution < 1.29 is 13.9 Å². The van der Waals surface area contributed by atoms with Gasteiger partial charge in [-0.2, -0.15) is 0 Å². The quantitative estimate of drug-likeness (QED) is 0.262. The predicted octanol–water partition coefficient (Wildman–Crippen LogP) is 6.41. The van der Waals surface area contributed by atoms with Crippen molar-refractivity contribution in [2.45, 2.75) is 32.1 Å². The summed E-state index contributed by atoms with van der Waals surface area (Å²) in [5.41, 5.74) is 3.65. The van der Waals surface area contributed by atoms with Crippen molar-refractivity contribution in [1.82, 2.24) is 4.90 Å². The summed E-state index contributed by atoms with van der Waals surface area (Å²) in [4.78, 5) is 4.88. The molecule has 0 bridgehead atoms. The predicted molar refractivity (Wildman–Crippen MR) is 148 cm³/mol. The van der Waals surface area contributed by atoms with Gasteiger partial charge < -0.3 is 14.4 Å². The highest BCUT2D eigenvalue weighted by Gasteiger charge is 2.16. The minimum atomic E-state index is -0.173. The summed E-state index contributed by atoms with van der Waals surface area (Å²) in [7, 11) is 1.71. The van der Waals surface area contributed by atoms with E-state index in [1.165, 1.54) is 24.0 Å². The van der Waals surface area contributed by atoms with Crippen LogP contribution in [0.4, 0.5) is 10.1 Å². The number of para-hydroxylation sites is 1. The topological polar surface area (TPSA) is 24.9 Å². The van der Waals surface area contributed by atoms with Gasteiger partial charge in [0.25, 0.3) is 0 Å². The number of hydrogen-bond acceptors (Lipinski definition) is 4. The molecule has 1 aliphatic heterocycles. The number of methoxy groups -OCH3 is 1. The van der Waals surface area contributed by atoms with Gasteiger partial charge in [0.1, 0.15) is 17.3 Å². The van der Waals surface area contributed by atoms with Crippen molar-refractivity contribution in [3.8, 4) is 11.5 Å². The van der Waals surface area contributed by atoms with Crippen LogP contribution in [0.3, 0.4) is 0 Å². The molecule has 4 nitrogen and oxygen atoms in total. The second-order valence-corrected chi connectivity index (χ2v) is 9.17. The third-order valence-electron chi connectivity index (χ3n) is 6.73. The van der Waals surface area contributed by atoms with Gasteiger partial charge in [0, 0.05) is 31.9 Å². The van der Waals surface area contributed by atoms with Crippen LogP contribution in [0.1, 0.15) is 30.4 Å². The average molecular weight is 513 g/mol. The first-order valence-electron chi connectivity index (χ1n) is 12.8. The minimum absolute atomic E-state index is 0. The molecule has 1 aliphatic rings. The second kappa shape index (κ2) is 14.7. The van der Waals surface area contributed by atoms with Crippen molar-refractivity contribution in [3.05, 3.63) is 89.7 Å². The molecule has 0 atom stereocenters. The van der Waals surface area contributed by atoms with Gasteiger partial charge in [0.2, 0.25) is 0 Å². The highest BCUT2D eigenvalue weighted by Crippen LogP contribution is 2.22. The molecule has 0 amide bonds. The number of rotatable bonds is 12. The summed E-state index contributed by atoms with van der Waals surface area (Å²) < 4.78 is 24.6. The Morgan fingerprint density at radius 3 is 2.36 bits per heavy atom. The van der Waals surface area contributed by atoms with E-state index in [1.807, 2.05) is 24.3 Å². The van der Waals surface area contributed by atoms with Crippen molar-refractivity contribution in [2.75, 3.05) is 51.3 Å². The van der Waals surface area contributed by atoms with E-state index >= 15 is 0 Å². The van der Waals surface area contributed by atoms with E-state index in [9.17, 15) is 4.39 Å². The van der Waals surface area contributed by atoms with E-state index in [1.54, 1.807) is 19.2 Å². The summed E-state index contributed by atoms with van der Waals surface area (Å²) in [6.45, 7) is 6.02. The van der Waals surface area contributed by atoms with Gasteiger partial charge in [-0.05, 0) is 92.2 Å². The monoisotopic (exact) mass is 512 g/mol. The average Bonchev–Trinajstić information content (AvgIpc) is 2.91. The number of benzene rings is 3. The number of anilines is 1. The van der Waals surface area contributed by atoms with Crippen LogP contribution in [0.5, 0.6) is 11.5 Å². The Labute approximate surface area is 221 Å². The number of ether oxygens (including phenoxy) is 2. The highest BCUT2D eigenvalue weighted by molar-refractivity contribution is 5.85. The standard InChI is InChI=1S/C30H37FN2O2.ClH/c1-34-29-10-7-8-25(24-29)12-13-26-9-3-4-11-30(26)35-23-6-2-5-18-32-19-21-33(22-20-32)28-16-14-27(31)15-17-28;/h3-4,7-11,14-17,24H,2,5-6,12-13,18-23H2,1H3;1H. The van der Waals surface area contributed by atoms with Crippen molar-refractivity contribution in [1.29, 1.82) is 0 Å². The second-order valence-electron chi connectivity index (χ2n) is 9.17. The summed E-state index contributed by atoms with van der Waals surface area (Å²) in [6, 6.07) is 23.5. The molecule has 3 aromatic carbocycles. The third-order valence-corrected chi connectivity index (χ3v) is 6.73. The molecule has 0 aliphatic carbocycles. The number of hydrogen-bond donors (Lipinski definition) is 0. The van der Waals surface area contributed by atoms with Crippen molar-refractivity contribution in [2.24, 2.45) is 0 Å². The molecule has 0 unspecified atom stereocenters. The van der Waals surface area contributed by atoms with Crippen LogP contribution in [-0.4, -0.2) is 51.3 Å². The third kappa shape index (κ3) is 8.42. The van der Waals surface area contributed by atoms with Crippen LogP contribution >= 0.6 is 12.4 Å². The molecule has 0 spiro atoms. The molecular formula is C30H38ClFN2O2. The number of piperazine rings is 1. The molecule has 3 aromatic rings. The normalized spacial score (nSPS) is 13.8. The molecular weight excluding hydrogens is 475 g/mol. The van der Waals surface area contributed by atoms with Crippen LogP contribution in [0.15, 0.2) is 72.8 Å². The molecule has 0 saturated carbocycles. The maximum absolute atomic E-state index is 13.1. The number of aryl methyl sites for hydroxylation is 2. The van der Waals surface area contributed by atoms with Crippen molar-refractivity contribution >= 4 is 18.1 Å². The first kappa shape index (κ1) is 27.8. The molecule has 36 heavy (non-hydrogen) atoms. The summed E-state index contributed by atoms with van der Waals surface area (Å²) >= 11 is 0. The van der Waals surface area contributed by atoms with E-state index in [4.69, 9.17) is 9.47 Å². The highest BCUT2D eigenvalue weighted by atomic mass is 35.5. The molecule has 194 valence electrons. The lowest BCUT2D eigenvalue weighted by Gasteiger charge is -2.36. The number of nitrogens with zero attached hydrogens (tertiary/aromatic N) is 2. The molecule has 0 radical (unpaired) electrons. The fourth-order valence-corrected chi connectivity index (χ4v) is 4.64. The molecule has 1 saturated heterocycles. The van der Waals surface area contributed by atoms with Gasteiger partial charge in [0.05, 0.1) is 13.7 Å². The smallest absolute Gasteiger partial charge is 0.123 e. The van der Waals surface area contributed by atoms with Gasteiger partial charge in [-0.3, -0.25) is 4.90 Å². The Bertz CT molecular complexity index is 1040. The lowest BCUT2D eigenvalue weighted by Crippen LogP contribution is -2.46. The Balaban J connectivity index is 0.00000361. The van der Waals surface area contributed by atoms with E-state index in [0.717, 1.165) is 75.8 Å². The molecule has 0 N–H and O–H groups in total.